The Morgan fingerprint density at radius 2 is 2.14 bits per heavy atom. The quantitative estimate of drug-likeness (QED) is 0.690. The van der Waals surface area contributed by atoms with Crippen LogP contribution in [-0.2, 0) is 0 Å². The minimum absolute atomic E-state index is 0.151. The molecule has 0 radical (unpaired) electrons. The predicted molar refractivity (Wildman–Crippen MR) is 58.9 cm³/mol. The molecule has 0 N–H and O–H groups in total. The van der Waals surface area contributed by atoms with Crippen LogP contribution in [0, 0.1) is 11.3 Å². The van der Waals surface area contributed by atoms with Crippen molar-refractivity contribution in [3.63, 3.8) is 0 Å². The fourth-order valence-electron chi connectivity index (χ4n) is 2.45. The van der Waals surface area contributed by atoms with Gasteiger partial charge in [0.1, 0.15) is 0 Å². The van der Waals surface area contributed by atoms with Gasteiger partial charge in [0.25, 0.3) is 0 Å². The van der Waals surface area contributed by atoms with Gasteiger partial charge in [-0.3, -0.25) is 4.90 Å². The molecule has 0 aliphatic carbocycles. The Morgan fingerprint density at radius 1 is 1.36 bits per heavy atom. The van der Waals surface area contributed by atoms with Crippen molar-refractivity contribution in [2.75, 3.05) is 6.54 Å². The van der Waals surface area contributed by atoms with Crippen molar-refractivity contribution in [1.29, 1.82) is 5.26 Å². The maximum absolute atomic E-state index is 9.09. The van der Waals surface area contributed by atoms with Crippen LogP contribution in [-0.4, -0.2) is 23.5 Å². The SMILES string of the molecule is CCC(C#N)N1CCCCCC1CC. The number of nitrogens with zero attached hydrogens (tertiary/aromatic N) is 2. The molecule has 0 bridgehead atoms. The number of hydrogen-bond donors (Lipinski definition) is 0. The molecule has 0 saturated carbocycles. The molecule has 1 aliphatic heterocycles. The summed E-state index contributed by atoms with van der Waals surface area (Å²) in [4.78, 5) is 2.44. The van der Waals surface area contributed by atoms with E-state index < -0.39 is 0 Å². The molecule has 2 heteroatoms. The molecule has 0 amide bonds. The van der Waals surface area contributed by atoms with Crippen LogP contribution in [0.25, 0.3) is 0 Å². The third kappa shape index (κ3) is 2.72. The molecule has 14 heavy (non-hydrogen) atoms. The van der Waals surface area contributed by atoms with Gasteiger partial charge in [-0.15, -0.1) is 0 Å². The van der Waals surface area contributed by atoms with E-state index in [1.807, 2.05) is 0 Å². The minimum Gasteiger partial charge on any atom is -0.285 e. The number of rotatable bonds is 3. The zero-order valence-electron chi connectivity index (χ0n) is 9.50. The molecule has 1 fully saturated rings. The highest BCUT2D eigenvalue weighted by molar-refractivity contribution is 4.94. The van der Waals surface area contributed by atoms with Gasteiger partial charge in [-0.25, -0.2) is 0 Å². The molecule has 0 spiro atoms. The molecular formula is C12H22N2. The molecule has 0 aromatic heterocycles. The molecule has 1 rings (SSSR count). The van der Waals surface area contributed by atoms with Crippen molar-refractivity contribution in [2.24, 2.45) is 0 Å². The van der Waals surface area contributed by atoms with Gasteiger partial charge in [0.05, 0.1) is 12.1 Å². The van der Waals surface area contributed by atoms with E-state index in [0.717, 1.165) is 13.0 Å². The third-order valence-electron chi connectivity index (χ3n) is 3.33. The van der Waals surface area contributed by atoms with Crippen molar-refractivity contribution in [2.45, 2.75) is 64.5 Å². The Bertz CT molecular complexity index is 195. The molecule has 1 aliphatic rings. The maximum atomic E-state index is 9.09. The molecule has 2 atom stereocenters. The zero-order valence-corrected chi connectivity index (χ0v) is 9.50. The Morgan fingerprint density at radius 3 is 2.71 bits per heavy atom. The Balaban J connectivity index is 2.64. The van der Waals surface area contributed by atoms with Gasteiger partial charge in [0.2, 0.25) is 0 Å². The van der Waals surface area contributed by atoms with Crippen LogP contribution in [0.1, 0.15) is 52.4 Å². The van der Waals surface area contributed by atoms with Crippen molar-refractivity contribution in [3.8, 4) is 6.07 Å². The number of nitriles is 1. The largest absolute Gasteiger partial charge is 0.285 e. The smallest absolute Gasteiger partial charge is 0.0977 e. The Labute approximate surface area is 87.9 Å². The van der Waals surface area contributed by atoms with E-state index in [0.29, 0.717) is 6.04 Å². The van der Waals surface area contributed by atoms with Gasteiger partial charge < -0.3 is 0 Å². The van der Waals surface area contributed by atoms with Crippen molar-refractivity contribution < 1.29 is 0 Å². The lowest BCUT2D eigenvalue weighted by Crippen LogP contribution is -2.41. The second-order valence-corrected chi connectivity index (χ2v) is 4.20. The highest BCUT2D eigenvalue weighted by Crippen LogP contribution is 2.22. The maximum Gasteiger partial charge on any atom is 0.0977 e. The van der Waals surface area contributed by atoms with E-state index in [9.17, 15) is 0 Å². The second kappa shape index (κ2) is 6.03. The summed E-state index contributed by atoms with van der Waals surface area (Å²) in [6.07, 6.45) is 7.40. The Kier molecular flexibility index (Phi) is 4.97. The van der Waals surface area contributed by atoms with Crippen molar-refractivity contribution in [1.82, 2.24) is 4.90 Å². The van der Waals surface area contributed by atoms with Crippen LogP contribution >= 0.6 is 0 Å². The van der Waals surface area contributed by atoms with Crippen LogP contribution in [0.5, 0.6) is 0 Å². The summed E-state index contributed by atoms with van der Waals surface area (Å²) in [5.41, 5.74) is 0. The Hall–Kier alpha value is -0.550. The van der Waals surface area contributed by atoms with E-state index in [2.05, 4.69) is 24.8 Å². The van der Waals surface area contributed by atoms with E-state index >= 15 is 0 Å². The molecule has 1 saturated heterocycles. The minimum atomic E-state index is 0.151. The average Bonchev–Trinajstić information content (AvgIpc) is 2.45. The van der Waals surface area contributed by atoms with Crippen molar-refractivity contribution in [3.05, 3.63) is 0 Å². The lowest BCUT2D eigenvalue weighted by molar-refractivity contribution is 0.159. The zero-order chi connectivity index (χ0) is 10.4. The molecule has 0 aromatic carbocycles. The summed E-state index contributed by atoms with van der Waals surface area (Å²) >= 11 is 0. The van der Waals surface area contributed by atoms with E-state index in [1.54, 1.807) is 0 Å². The molecular weight excluding hydrogens is 172 g/mol. The lowest BCUT2D eigenvalue weighted by Gasteiger charge is -2.32. The summed E-state index contributed by atoms with van der Waals surface area (Å²) in [5.74, 6) is 0. The first-order chi connectivity index (χ1) is 6.83. The van der Waals surface area contributed by atoms with Gasteiger partial charge in [-0.05, 0) is 32.2 Å². The van der Waals surface area contributed by atoms with Crippen LogP contribution in [0.4, 0.5) is 0 Å². The molecule has 0 aromatic rings. The topological polar surface area (TPSA) is 27.0 Å². The number of likely N-dealkylation sites (tertiary alicyclic amines) is 1. The van der Waals surface area contributed by atoms with Crippen LogP contribution in [0.2, 0.25) is 0 Å². The van der Waals surface area contributed by atoms with E-state index in [1.165, 1.54) is 32.1 Å². The van der Waals surface area contributed by atoms with Gasteiger partial charge in [-0.1, -0.05) is 26.7 Å². The summed E-state index contributed by atoms with van der Waals surface area (Å²) in [6.45, 7) is 5.49. The highest BCUT2D eigenvalue weighted by Gasteiger charge is 2.25. The lowest BCUT2D eigenvalue weighted by atomic mass is 10.1. The third-order valence-corrected chi connectivity index (χ3v) is 3.33. The van der Waals surface area contributed by atoms with Crippen LogP contribution in [0.15, 0.2) is 0 Å². The monoisotopic (exact) mass is 194 g/mol. The number of hydrogen-bond acceptors (Lipinski definition) is 2. The van der Waals surface area contributed by atoms with Crippen molar-refractivity contribution >= 4 is 0 Å². The summed E-state index contributed by atoms with van der Waals surface area (Å²) in [7, 11) is 0. The first kappa shape index (κ1) is 11.5. The summed E-state index contributed by atoms with van der Waals surface area (Å²) in [6, 6.07) is 3.25. The van der Waals surface area contributed by atoms with Gasteiger partial charge in [0.15, 0.2) is 0 Å². The second-order valence-electron chi connectivity index (χ2n) is 4.20. The first-order valence-electron chi connectivity index (χ1n) is 5.98. The van der Waals surface area contributed by atoms with E-state index in [4.69, 9.17) is 5.26 Å². The fourth-order valence-corrected chi connectivity index (χ4v) is 2.45. The van der Waals surface area contributed by atoms with Crippen LogP contribution in [0.3, 0.4) is 0 Å². The predicted octanol–water partition coefficient (Wildman–Crippen LogP) is 2.94. The molecule has 2 nitrogen and oxygen atoms in total. The molecule has 80 valence electrons. The van der Waals surface area contributed by atoms with Gasteiger partial charge >= 0.3 is 0 Å². The standard InChI is InChI=1S/C12H22N2/c1-3-11-8-6-5-7-9-14(11)12(4-2)10-13/h11-12H,3-9H2,1-2H3. The highest BCUT2D eigenvalue weighted by atomic mass is 15.2. The molecule has 2 unspecified atom stereocenters. The fraction of sp³-hybridized carbons (Fsp3) is 0.917. The van der Waals surface area contributed by atoms with E-state index in [-0.39, 0.29) is 6.04 Å². The molecule has 1 heterocycles. The van der Waals surface area contributed by atoms with Gasteiger partial charge in [0, 0.05) is 6.04 Å². The first-order valence-corrected chi connectivity index (χ1v) is 5.98. The van der Waals surface area contributed by atoms with Crippen LogP contribution < -0.4 is 0 Å². The normalized spacial score (nSPS) is 26.5. The summed E-state index contributed by atoms with van der Waals surface area (Å²) < 4.78 is 0. The van der Waals surface area contributed by atoms with Gasteiger partial charge in [-0.2, -0.15) is 5.26 Å². The summed E-state index contributed by atoms with van der Waals surface area (Å²) in [5, 5.41) is 9.09. The average molecular weight is 194 g/mol.